The summed E-state index contributed by atoms with van der Waals surface area (Å²) in [5.74, 6) is 0.975. The van der Waals surface area contributed by atoms with Crippen LogP contribution >= 0.6 is 11.8 Å². The Balaban J connectivity index is 1.65. The number of aromatic nitrogens is 3. The van der Waals surface area contributed by atoms with Crippen LogP contribution in [0.25, 0.3) is 21.9 Å². The van der Waals surface area contributed by atoms with E-state index in [1.54, 1.807) is 28.3 Å². The predicted molar refractivity (Wildman–Crippen MR) is 110 cm³/mol. The van der Waals surface area contributed by atoms with Gasteiger partial charge in [-0.3, -0.25) is 9.36 Å². The standard InChI is InChI=1S/C20H26N4O2S/c1-26-13-11-24-19(25)18-17(15-7-3-4-8-16(15)21-18)22-20(24)27-14-12-23-9-5-2-6-10-23/h3-4,7-8,21H,2,5-6,9-14H2,1H3/p+1. The summed E-state index contributed by atoms with van der Waals surface area (Å²) in [6.07, 6.45) is 4.03. The van der Waals surface area contributed by atoms with Crippen molar-refractivity contribution in [2.24, 2.45) is 0 Å². The number of likely N-dealkylation sites (tertiary alicyclic amines) is 1. The molecule has 2 N–H and O–H groups in total. The number of aromatic amines is 1. The highest BCUT2D eigenvalue weighted by Gasteiger charge is 2.17. The molecule has 1 aliphatic heterocycles. The summed E-state index contributed by atoms with van der Waals surface area (Å²) in [6, 6.07) is 7.97. The zero-order chi connectivity index (χ0) is 18.6. The summed E-state index contributed by atoms with van der Waals surface area (Å²) in [5.41, 5.74) is 2.30. The summed E-state index contributed by atoms with van der Waals surface area (Å²) in [4.78, 5) is 22.9. The molecule has 1 aromatic carbocycles. The average Bonchev–Trinajstić information content (AvgIpc) is 3.08. The van der Waals surface area contributed by atoms with Crippen LogP contribution in [0.4, 0.5) is 0 Å². The van der Waals surface area contributed by atoms with E-state index in [-0.39, 0.29) is 5.56 Å². The second-order valence-corrected chi connectivity index (χ2v) is 8.21. The number of nitrogens with zero attached hydrogens (tertiary/aromatic N) is 2. The van der Waals surface area contributed by atoms with Gasteiger partial charge in [0.1, 0.15) is 11.0 Å². The minimum Gasteiger partial charge on any atom is -0.383 e. The smallest absolute Gasteiger partial charge is 0.278 e. The van der Waals surface area contributed by atoms with Gasteiger partial charge in [-0.2, -0.15) is 0 Å². The Morgan fingerprint density at radius 3 is 2.89 bits per heavy atom. The average molecular weight is 388 g/mol. The van der Waals surface area contributed by atoms with Gasteiger partial charge in [0.05, 0.1) is 38.5 Å². The van der Waals surface area contributed by atoms with Crippen molar-refractivity contribution >= 4 is 33.7 Å². The number of hydrogen-bond acceptors (Lipinski definition) is 4. The number of rotatable bonds is 7. The molecule has 0 unspecified atom stereocenters. The van der Waals surface area contributed by atoms with Crippen LogP contribution in [0, 0.1) is 0 Å². The second kappa shape index (κ2) is 8.46. The molecule has 2 aromatic heterocycles. The number of H-pyrrole nitrogens is 1. The third kappa shape index (κ3) is 3.90. The summed E-state index contributed by atoms with van der Waals surface area (Å²) in [6.45, 7) is 4.68. The van der Waals surface area contributed by atoms with Gasteiger partial charge in [0.25, 0.3) is 5.56 Å². The minimum atomic E-state index is -0.0129. The van der Waals surface area contributed by atoms with Crippen LogP contribution < -0.4 is 10.5 Å². The van der Waals surface area contributed by atoms with Crippen molar-refractivity contribution in [2.75, 3.05) is 39.1 Å². The number of hydrogen-bond donors (Lipinski definition) is 2. The zero-order valence-corrected chi connectivity index (χ0v) is 16.6. The maximum absolute atomic E-state index is 13.1. The first-order valence-electron chi connectivity index (χ1n) is 9.74. The summed E-state index contributed by atoms with van der Waals surface area (Å²) >= 11 is 1.69. The lowest BCUT2D eigenvalue weighted by atomic mass is 10.1. The van der Waals surface area contributed by atoms with E-state index in [4.69, 9.17) is 9.72 Å². The second-order valence-electron chi connectivity index (χ2n) is 7.15. The van der Waals surface area contributed by atoms with Gasteiger partial charge in [0.2, 0.25) is 0 Å². The van der Waals surface area contributed by atoms with Gasteiger partial charge in [0, 0.05) is 18.0 Å². The summed E-state index contributed by atoms with van der Waals surface area (Å²) in [7, 11) is 1.66. The molecular weight excluding hydrogens is 360 g/mol. The number of piperidine rings is 1. The predicted octanol–water partition coefficient (Wildman–Crippen LogP) is 1.69. The van der Waals surface area contributed by atoms with Gasteiger partial charge in [-0.25, -0.2) is 4.98 Å². The van der Waals surface area contributed by atoms with Gasteiger partial charge in [-0.05, 0) is 25.3 Å². The van der Waals surface area contributed by atoms with Crippen molar-refractivity contribution in [1.29, 1.82) is 0 Å². The van der Waals surface area contributed by atoms with Crippen LogP contribution in [0.2, 0.25) is 0 Å². The number of benzene rings is 1. The van der Waals surface area contributed by atoms with Crippen LogP contribution in [0.5, 0.6) is 0 Å². The Hall–Kier alpha value is -1.83. The molecule has 1 saturated heterocycles. The molecule has 3 heterocycles. The van der Waals surface area contributed by atoms with E-state index in [1.165, 1.54) is 32.4 Å². The Morgan fingerprint density at radius 2 is 2.07 bits per heavy atom. The quantitative estimate of drug-likeness (QED) is 0.478. The van der Waals surface area contributed by atoms with Crippen LogP contribution in [0.1, 0.15) is 19.3 Å². The maximum atomic E-state index is 13.1. The fraction of sp³-hybridized carbons (Fsp3) is 0.500. The monoisotopic (exact) mass is 387 g/mol. The third-order valence-electron chi connectivity index (χ3n) is 5.34. The lowest BCUT2D eigenvalue weighted by Crippen LogP contribution is -3.13. The van der Waals surface area contributed by atoms with Crippen LogP contribution in [-0.2, 0) is 11.3 Å². The molecular formula is C20H27N4O2S+. The molecule has 3 aromatic rings. The number of methoxy groups -OCH3 is 1. The Morgan fingerprint density at radius 1 is 1.26 bits per heavy atom. The first-order chi connectivity index (χ1) is 13.3. The van der Waals surface area contributed by atoms with Crippen molar-refractivity contribution < 1.29 is 9.64 Å². The molecule has 0 radical (unpaired) electrons. The van der Waals surface area contributed by atoms with Crippen molar-refractivity contribution in [2.45, 2.75) is 31.0 Å². The normalized spacial score (nSPS) is 15.7. The van der Waals surface area contributed by atoms with E-state index in [9.17, 15) is 4.79 Å². The largest absolute Gasteiger partial charge is 0.383 e. The topological polar surface area (TPSA) is 64.3 Å². The van der Waals surface area contributed by atoms with E-state index in [0.29, 0.717) is 18.7 Å². The Bertz CT molecular complexity index is 975. The van der Waals surface area contributed by atoms with Crippen molar-refractivity contribution in [3.63, 3.8) is 0 Å². The fourth-order valence-corrected chi connectivity index (χ4v) is 4.91. The Kier molecular flexibility index (Phi) is 5.80. The third-order valence-corrected chi connectivity index (χ3v) is 6.32. The van der Waals surface area contributed by atoms with E-state index in [1.807, 2.05) is 24.3 Å². The van der Waals surface area contributed by atoms with Crippen molar-refractivity contribution in [1.82, 2.24) is 14.5 Å². The number of thioether (sulfide) groups is 1. The molecule has 0 bridgehead atoms. The minimum absolute atomic E-state index is 0.0129. The highest BCUT2D eigenvalue weighted by Crippen LogP contribution is 2.24. The molecule has 144 valence electrons. The van der Waals surface area contributed by atoms with Crippen LogP contribution in [-0.4, -0.2) is 53.6 Å². The van der Waals surface area contributed by atoms with Crippen molar-refractivity contribution in [3.05, 3.63) is 34.6 Å². The molecule has 0 aliphatic carbocycles. The molecule has 27 heavy (non-hydrogen) atoms. The van der Waals surface area contributed by atoms with Gasteiger partial charge in [0.15, 0.2) is 5.16 Å². The first kappa shape index (κ1) is 18.5. The van der Waals surface area contributed by atoms with E-state index in [2.05, 4.69) is 4.98 Å². The fourth-order valence-electron chi connectivity index (χ4n) is 3.85. The highest BCUT2D eigenvalue weighted by atomic mass is 32.2. The molecule has 0 amide bonds. The van der Waals surface area contributed by atoms with E-state index in [0.717, 1.165) is 33.9 Å². The summed E-state index contributed by atoms with van der Waals surface area (Å²) < 4.78 is 6.98. The van der Waals surface area contributed by atoms with Gasteiger partial charge in [-0.15, -0.1) is 0 Å². The highest BCUT2D eigenvalue weighted by molar-refractivity contribution is 7.99. The van der Waals surface area contributed by atoms with E-state index >= 15 is 0 Å². The summed E-state index contributed by atoms with van der Waals surface area (Å²) in [5, 5.41) is 1.80. The molecule has 1 fully saturated rings. The van der Waals surface area contributed by atoms with Gasteiger partial charge in [-0.1, -0.05) is 30.0 Å². The lowest BCUT2D eigenvalue weighted by molar-refractivity contribution is -0.902. The zero-order valence-electron chi connectivity index (χ0n) is 15.8. The maximum Gasteiger partial charge on any atom is 0.278 e. The molecule has 0 saturated carbocycles. The van der Waals surface area contributed by atoms with Gasteiger partial charge < -0.3 is 14.6 Å². The van der Waals surface area contributed by atoms with Crippen molar-refractivity contribution in [3.8, 4) is 0 Å². The molecule has 6 nitrogen and oxygen atoms in total. The molecule has 4 rings (SSSR count). The molecule has 0 spiro atoms. The number of quaternary nitrogens is 1. The van der Waals surface area contributed by atoms with Crippen LogP contribution in [0.3, 0.4) is 0 Å². The number of para-hydroxylation sites is 1. The number of nitrogens with one attached hydrogen (secondary N) is 2. The van der Waals surface area contributed by atoms with E-state index < -0.39 is 0 Å². The first-order valence-corrected chi connectivity index (χ1v) is 10.7. The molecule has 0 atom stereocenters. The number of ether oxygens (including phenoxy) is 1. The SMILES string of the molecule is COCCn1c(SCC[NH+]2CCCCC2)nc2c([nH]c3ccccc32)c1=O. The number of fused-ring (bicyclic) bond motifs is 3. The molecule has 1 aliphatic rings. The Labute approximate surface area is 162 Å². The lowest BCUT2D eigenvalue weighted by Gasteiger charge is -2.23. The molecule has 7 heteroatoms. The van der Waals surface area contributed by atoms with Crippen LogP contribution in [0.15, 0.2) is 34.2 Å². The van der Waals surface area contributed by atoms with Gasteiger partial charge >= 0.3 is 0 Å².